The van der Waals surface area contributed by atoms with Crippen LogP contribution in [0.4, 0.5) is 5.69 Å². The molecule has 1 heterocycles. The number of nitrogens with two attached hydrogens (primary N) is 1. The Morgan fingerprint density at radius 3 is 2.73 bits per heavy atom. The Labute approximate surface area is 91.1 Å². The zero-order valence-corrected chi connectivity index (χ0v) is 9.00. The highest BCUT2D eigenvalue weighted by Gasteiger charge is 2.13. The Bertz CT molecular complexity index is 305. The molecule has 1 aliphatic heterocycles. The fourth-order valence-electron chi connectivity index (χ4n) is 2.03. The Morgan fingerprint density at radius 1 is 1.27 bits per heavy atom. The minimum absolute atomic E-state index is 0.596. The van der Waals surface area contributed by atoms with Crippen LogP contribution in [0.5, 0.6) is 0 Å². The predicted molar refractivity (Wildman–Crippen MR) is 63.8 cm³/mol. The molecule has 0 spiro atoms. The van der Waals surface area contributed by atoms with Crippen LogP contribution in [-0.2, 0) is 6.54 Å². The van der Waals surface area contributed by atoms with E-state index in [4.69, 9.17) is 5.73 Å². The van der Waals surface area contributed by atoms with Crippen molar-refractivity contribution in [3.8, 4) is 0 Å². The van der Waals surface area contributed by atoms with Gasteiger partial charge in [-0.2, -0.15) is 0 Å². The first-order chi connectivity index (χ1) is 7.40. The number of hydrogen-bond donors (Lipinski definition) is 3. The average molecular weight is 205 g/mol. The lowest BCUT2D eigenvalue weighted by Crippen LogP contribution is -2.35. The molecule has 2 rings (SSSR count). The molecular formula is C12H19N3. The lowest BCUT2D eigenvalue weighted by molar-refractivity contribution is 0.479. The van der Waals surface area contributed by atoms with E-state index >= 15 is 0 Å². The van der Waals surface area contributed by atoms with Gasteiger partial charge in [0.1, 0.15) is 0 Å². The van der Waals surface area contributed by atoms with E-state index in [1.54, 1.807) is 0 Å². The molecule has 0 aromatic heterocycles. The van der Waals surface area contributed by atoms with Crippen LogP contribution in [0.15, 0.2) is 24.3 Å². The van der Waals surface area contributed by atoms with Crippen molar-refractivity contribution in [3.63, 3.8) is 0 Å². The van der Waals surface area contributed by atoms with Crippen molar-refractivity contribution in [1.29, 1.82) is 0 Å². The Balaban J connectivity index is 2.02. The lowest BCUT2D eigenvalue weighted by atomic mass is 10.1. The average Bonchev–Trinajstić information content (AvgIpc) is 2.31. The van der Waals surface area contributed by atoms with Gasteiger partial charge in [-0.3, -0.25) is 0 Å². The maximum absolute atomic E-state index is 5.70. The summed E-state index contributed by atoms with van der Waals surface area (Å²) in [5.74, 6) is 0. The van der Waals surface area contributed by atoms with Crippen molar-refractivity contribution in [2.45, 2.75) is 25.4 Å². The summed E-state index contributed by atoms with van der Waals surface area (Å²) in [6.45, 7) is 2.83. The number of benzene rings is 1. The standard InChI is InChI=1S/C12H19N3/c13-9-10-3-1-2-4-12(10)15-11-5-7-14-8-6-11/h1-4,11,14-15H,5-9,13H2. The summed E-state index contributed by atoms with van der Waals surface area (Å²) in [5.41, 5.74) is 8.11. The van der Waals surface area contributed by atoms with Gasteiger partial charge in [-0.05, 0) is 37.6 Å². The largest absolute Gasteiger partial charge is 0.382 e. The summed E-state index contributed by atoms with van der Waals surface area (Å²) in [4.78, 5) is 0. The highest BCUT2D eigenvalue weighted by molar-refractivity contribution is 5.51. The van der Waals surface area contributed by atoms with Crippen molar-refractivity contribution in [1.82, 2.24) is 5.32 Å². The highest BCUT2D eigenvalue weighted by Crippen LogP contribution is 2.17. The molecule has 3 nitrogen and oxygen atoms in total. The molecule has 1 fully saturated rings. The number of para-hydroxylation sites is 1. The van der Waals surface area contributed by atoms with Gasteiger partial charge in [-0.1, -0.05) is 18.2 Å². The smallest absolute Gasteiger partial charge is 0.0387 e. The fraction of sp³-hybridized carbons (Fsp3) is 0.500. The highest BCUT2D eigenvalue weighted by atomic mass is 15.0. The molecule has 82 valence electrons. The summed E-state index contributed by atoms with van der Waals surface area (Å²) in [7, 11) is 0. The van der Waals surface area contributed by atoms with E-state index < -0.39 is 0 Å². The molecule has 3 heteroatoms. The van der Waals surface area contributed by atoms with E-state index in [9.17, 15) is 0 Å². The second-order valence-electron chi connectivity index (χ2n) is 4.03. The SMILES string of the molecule is NCc1ccccc1NC1CCNCC1. The van der Waals surface area contributed by atoms with Crippen LogP contribution < -0.4 is 16.4 Å². The molecule has 1 aromatic carbocycles. The van der Waals surface area contributed by atoms with Crippen LogP contribution in [0.2, 0.25) is 0 Å². The molecule has 4 N–H and O–H groups in total. The van der Waals surface area contributed by atoms with Crippen LogP contribution in [0, 0.1) is 0 Å². The van der Waals surface area contributed by atoms with Crippen LogP contribution >= 0.6 is 0 Å². The van der Waals surface area contributed by atoms with Crippen molar-refractivity contribution >= 4 is 5.69 Å². The van der Waals surface area contributed by atoms with Gasteiger partial charge in [0.05, 0.1) is 0 Å². The quantitative estimate of drug-likeness (QED) is 0.697. The van der Waals surface area contributed by atoms with Gasteiger partial charge in [-0.15, -0.1) is 0 Å². The molecule has 0 aliphatic carbocycles. The summed E-state index contributed by atoms with van der Waals surface area (Å²) in [6, 6.07) is 8.89. The maximum Gasteiger partial charge on any atom is 0.0387 e. The third-order valence-corrected chi connectivity index (χ3v) is 2.94. The van der Waals surface area contributed by atoms with Gasteiger partial charge < -0.3 is 16.4 Å². The van der Waals surface area contributed by atoms with Crippen LogP contribution in [0.1, 0.15) is 18.4 Å². The van der Waals surface area contributed by atoms with Gasteiger partial charge in [0.2, 0.25) is 0 Å². The zero-order chi connectivity index (χ0) is 10.5. The number of piperidine rings is 1. The minimum atomic E-state index is 0.596. The van der Waals surface area contributed by atoms with Crippen LogP contribution in [-0.4, -0.2) is 19.1 Å². The van der Waals surface area contributed by atoms with E-state index in [2.05, 4.69) is 28.8 Å². The molecule has 0 bridgehead atoms. The number of rotatable bonds is 3. The molecule has 0 radical (unpaired) electrons. The van der Waals surface area contributed by atoms with Gasteiger partial charge in [0, 0.05) is 18.3 Å². The number of hydrogen-bond acceptors (Lipinski definition) is 3. The molecule has 1 saturated heterocycles. The number of anilines is 1. The topological polar surface area (TPSA) is 50.1 Å². The van der Waals surface area contributed by atoms with Gasteiger partial charge in [0.15, 0.2) is 0 Å². The summed E-state index contributed by atoms with van der Waals surface area (Å²) >= 11 is 0. The fourth-order valence-corrected chi connectivity index (χ4v) is 2.03. The maximum atomic E-state index is 5.70. The van der Waals surface area contributed by atoms with Crippen molar-refractivity contribution in [2.75, 3.05) is 18.4 Å². The Morgan fingerprint density at radius 2 is 2.00 bits per heavy atom. The minimum Gasteiger partial charge on any atom is -0.382 e. The van der Waals surface area contributed by atoms with Gasteiger partial charge >= 0.3 is 0 Å². The third-order valence-electron chi connectivity index (χ3n) is 2.94. The monoisotopic (exact) mass is 205 g/mol. The Hall–Kier alpha value is -1.06. The summed E-state index contributed by atoms with van der Waals surface area (Å²) < 4.78 is 0. The first-order valence-corrected chi connectivity index (χ1v) is 5.65. The van der Waals surface area contributed by atoms with Gasteiger partial charge in [0.25, 0.3) is 0 Å². The van der Waals surface area contributed by atoms with Crippen LogP contribution in [0.25, 0.3) is 0 Å². The molecule has 0 atom stereocenters. The van der Waals surface area contributed by atoms with E-state index in [1.165, 1.54) is 24.1 Å². The second-order valence-corrected chi connectivity index (χ2v) is 4.03. The molecule has 0 unspecified atom stereocenters. The van der Waals surface area contributed by atoms with Crippen LogP contribution in [0.3, 0.4) is 0 Å². The molecule has 1 aliphatic rings. The normalized spacial score (nSPS) is 17.7. The van der Waals surface area contributed by atoms with E-state index in [0.29, 0.717) is 12.6 Å². The summed E-state index contributed by atoms with van der Waals surface area (Å²) in [5, 5.41) is 6.94. The number of nitrogens with one attached hydrogen (secondary N) is 2. The van der Waals surface area contributed by atoms with E-state index in [-0.39, 0.29) is 0 Å². The Kier molecular flexibility index (Phi) is 3.59. The van der Waals surface area contributed by atoms with Gasteiger partial charge in [-0.25, -0.2) is 0 Å². The third kappa shape index (κ3) is 2.70. The van der Waals surface area contributed by atoms with E-state index in [0.717, 1.165) is 13.1 Å². The first-order valence-electron chi connectivity index (χ1n) is 5.65. The van der Waals surface area contributed by atoms with Crippen molar-refractivity contribution < 1.29 is 0 Å². The second kappa shape index (κ2) is 5.14. The first kappa shape index (κ1) is 10.5. The van der Waals surface area contributed by atoms with Crippen molar-refractivity contribution in [3.05, 3.63) is 29.8 Å². The molecule has 0 amide bonds. The zero-order valence-electron chi connectivity index (χ0n) is 9.00. The van der Waals surface area contributed by atoms with E-state index in [1.807, 2.05) is 6.07 Å². The molecular weight excluding hydrogens is 186 g/mol. The molecule has 15 heavy (non-hydrogen) atoms. The lowest BCUT2D eigenvalue weighted by Gasteiger charge is -2.25. The molecule has 0 saturated carbocycles. The summed E-state index contributed by atoms with van der Waals surface area (Å²) in [6.07, 6.45) is 2.39. The van der Waals surface area contributed by atoms with Crippen molar-refractivity contribution in [2.24, 2.45) is 5.73 Å². The predicted octanol–water partition coefficient (Wildman–Crippen LogP) is 1.31. The molecule has 1 aromatic rings.